The second-order valence-electron chi connectivity index (χ2n) is 6.49. The number of amides is 1. The van der Waals surface area contributed by atoms with E-state index in [4.69, 9.17) is 4.74 Å². The van der Waals surface area contributed by atoms with Crippen molar-refractivity contribution in [2.75, 3.05) is 13.1 Å². The molecule has 1 amide bonds. The van der Waals surface area contributed by atoms with E-state index in [0.29, 0.717) is 6.54 Å². The molecule has 22 heavy (non-hydrogen) atoms. The monoisotopic (exact) mass is 417 g/mol. The van der Waals surface area contributed by atoms with Crippen molar-refractivity contribution < 1.29 is 19.4 Å². The van der Waals surface area contributed by atoms with Gasteiger partial charge in [-0.05, 0) is 61.1 Å². The van der Waals surface area contributed by atoms with Crippen LogP contribution in [0.3, 0.4) is 0 Å². The van der Waals surface area contributed by atoms with Crippen LogP contribution < -0.4 is 0 Å². The summed E-state index contributed by atoms with van der Waals surface area (Å²) < 4.78 is 6.40. The number of benzene rings is 1. The molecule has 1 heterocycles. The third kappa shape index (κ3) is 4.12. The van der Waals surface area contributed by atoms with Gasteiger partial charge >= 0.3 is 12.1 Å². The number of aliphatic carboxylic acids is 1. The third-order valence-electron chi connectivity index (χ3n) is 3.57. The molecule has 0 spiro atoms. The predicted molar refractivity (Wildman–Crippen MR) is 90.8 cm³/mol. The lowest BCUT2D eigenvalue weighted by Crippen LogP contribution is -2.35. The quantitative estimate of drug-likeness (QED) is 0.750. The van der Waals surface area contributed by atoms with Crippen LogP contribution in [0.5, 0.6) is 0 Å². The second-order valence-corrected chi connectivity index (χ2v) is 7.74. The number of ether oxygens (including phenoxy) is 1. The molecule has 1 aliphatic heterocycles. The fraction of sp³-hybridized carbons (Fsp3) is 0.500. The smallest absolute Gasteiger partial charge is 0.410 e. The molecule has 2 unspecified atom stereocenters. The van der Waals surface area contributed by atoms with Gasteiger partial charge < -0.3 is 14.7 Å². The topological polar surface area (TPSA) is 66.8 Å². The Balaban J connectivity index is 2.20. The van der Waals surface area contributed by atoms with Gasteiger partial charge in [0.15, 0.2) is 0 Å². The number of hydrogen-bond donors (Lipinski definition) is 1. The predicted octanol–water partition coefficient (Wildman–Crippen LogP) is 3.33. The van der Waals surface area contributed by atoms with Crippen LogP contribution in [0.1, 0.15) is 32.3 Å². The van der Waals surface area contributed by atoms with Crippen LogP contribution in [0.25, 0.3) is 0 Å². The Hall–Kier alpha value is -1.31. The van der Waals surface area contributed by atoms with Crippen molar-refractivity contribution in [3.8, 4) is 0 Å². The van der Waals surface area contributed by atoms with Gasteiger partial charge in [0.05, 0.1) is 5.92 Å². The van der Waals surface area contributed by atoms with Crippen LogP contribution >= 0.6 is 22.6 Å². The van der Waals surface area contributed by atoms with Gasteiger partial charge in [-0.3, -0.25) is 4.79 Å². The van der Waals surface area contributed by atoms with Gasteiger partial charge in [0.2, 0.25) is 0 Å². The van der Waals surface area contributed by atoms with Crippen molar-refractivity contribution >= 4 is 34.7 Å². The van der Waals surface area contributed by atoms with E-state index in [0.717, 1.165) is 9.13 Å². The van der Waals surface area contributed by atoms with Gasteiger partial charge in [-0.1, -0.05) is 12.1 Å². The van der Waals surface area contributed by atoms with E-state index >= 15 is 0 Å². The Bertz CT molecular complexity index is 582. The summed E-state index contributed by atoms with van der Waals surface area (Å²) in [4.78, 5) is 25.2. The molecule has 1 N–H and O–H groups in total. The fourth-order valence-electron chi connectivity index (χ4n) is 2.60. The summed E-state index contributed by atoms with van der Waals surface area (Å²) in [5.74, 6) is -1.69. The molecule has 6 heteroatoms. The maximum absolute atomic E-state index is 12.2. The van der Waals surface area contributed by atoms with Gasteiger partial charge in [0, 0.05) is 22.6 Å². The molecule has 1 aliphatic rings. The first kappa shape index (κ1) is 17.1. The average Bonchev–Trinajstić information content (AvgIpc) is 2.82. The van der Waals surface area contributed by atoms with Crippen molar-refractivity contribution in [2.45, 2.75) is 32.3 Å². The van der Waals surface area contributed by atoms with E-state index in [9.17, 15) is 14.7 Å². The summed E-state index contributed by atoms with van der Waals surface area (Å²) in [6.45, 7) is 5.94. The van der Waals surface area contributed by atoms with Crippen molar-refractivity contribution in [1.29, 1.82) is 0 Å². The standard InChI is InChI=1S/C16H20INO4/c1-16(2,3)22-15(21)18-8-12(13(9-18)14(19)20)10-5-4-6-11(17)7-10/h4-7,12-13H,8-9H2,1-3H3,(H,19,20). The number of rotatable bonds is 2. The van der Waals surface area contributed by atoms with Crippen LogP contribution in [0.4, 0.5) is 4.79 Å². The molecule has 1 aromatic carbocycles. The average molecular weight is 417 g/mol. The number of carboxylic acids is 1. The number of carboxylic acid groups (broad SMARTS) is 1. The molecule has 1 aromatic rings. The molecule has 0 aliphatic carbocycles. The van der Waals surface area contributed by atoms with Crippen molar-refractivity contribution in [1.82, 2.24) is 4.90 Å². The maximum atomic E-state index is 12.2. The van der Waals surface area contributed by atoms with Crippen LogP contribution in [-0.4, -0.2) is 40.8 Å². The zero-order valence-electron chi connectivity index (χ0n) is 12.9. The van der Waals surface area contributed by atoms with Gasteiger partial charge in [0.25, 0.3) is 0 Å². The lowest BCUT2D eigenvalue weighted by Gasteiger charge is -2.24. The summed E-state index contributed by atoms with van der Waals surface area (Å²) in [5, 5.41) is 9.47. The SMILES string of the molecule is CC(C)(C)OC(=O)N1CC(C(=O)O)C(c2cccc(I)c2)C1. The molecule has 0 bridgehead atoms. The second kappa shape index (κ2) is 6.44. The highest BCUT2D eigenvalue weighted by atomic mass is 127. The fourth-order valence-corrected chi connectivity index (χ4v) is 3.17. The first-order chi connectivity index (χ1) is 10.2. The van der Waals surface area contributed by atoms with E-state index in [1.807, 2.05) is 24.3 Å². The molecule has 120 valence electrons. The van der Waals surface area contributed by atoms with Crippen LogP contribution in [0, 0.1) is 9.49 Å². The molecule has 0 saturated carbocycles. The minimum Gasteiger partial charge on any atom is -0.481 e. The number of nitrogens with zero attached hydrogens (tertiary/aromatic N) is 1. The minimum atomic E-state index is -0.880. The molecule has 2 rings (SSSR count). The number of hydrogen-bond acceptors (Lipinski definition) is 3. The number of carbonyl (C=O) groups is 2. The minimum absolute atomic E-state index is 0.181. The highest BCUT2D eigenvalue weighted by molar-refractivity contribution is 14.1. The highest BCUT2D eigenvalue weighted by Gasteiger charge is 2.41. The van der Waals surface area contributed by atoms with Crippen LogP contribution in [-0.2, 0) is 9.53 Å². The summed E-state index contributed by atoms with van der Waals surface area (Å²) in [5.41, 5.74) is 0.362. The maximum Gasteiger partial charge on any atom is 0.410 e. The molecule has 1 saturated heterocycles. The van der Waals surface area contributed by atoms with Crippen molar-refractivity contribution in [3.63, 3.8) is 0 Å². The van der Waals surface area contributed by atoms with E-state index in [-0.39, 0.29) is 12.5 Å². The summed E-state index contributed by atoms with van der Waals surface area (Å²) >= 11 is 2.20. The molecular weight excluding hydrogens is 397 g/mol. The van der Waals surface area contributed by atoms with E-state index in [1.54, 1.807) is 20.8 Å². The van der Waals surface area contributed by atoms with E-state index in [2.05, 4.69) is 22.6 Å². The molecular formula is C16H20INO4. The first-order valence-electron chi connectivity index (χ1n) is 7.13. The molecule has 5 nitrogen and oxygen atoms in total. The zero-order chi connectivity index (χ0) is 16.5. The van der Waals surface area contributed by atoms with E-state index < -0.39 is 23.6 Å². The van der Waals surface area contributed by atoms with Gasteiger partial charge in [-0.2, -0.15) is 0 Å². The highest BCUT2D eigenvalue weighted by Crippen LogP contribution is 2.34. The van der Waals surface area contributed by atoms with Crippen molar-refractivity contribution in [3.05, 3.63) is 33.4 Å². The molecule has 1 fully saturated rings. The largest absolute Gasteiger partial charge is 0.481 e. The number of likely N-dealkylation sites (tertiary alicyclic amines) is 1. The first-order valence-corrected chi connectivity index (χ1v) is 8.21. The van der Waals surface area contributed by atoms with Gasteiger partial charge in [-0.15, -0.1) is 0 Å². The van der Waals surface area contributed by atoms with E-state index in [1.165, 1.54) is 4.90 Å². The Morgan fingerprint density at radius 1 is 1.32 bits per heavy atom. The summed E-state index contributed by atoms with van der Waals surface area (Å²) in [7, 11) is 0. The van der Waals surface area contributed by atoms with Crippen LogP contribution in [0.2, 0.25) is 0 Å². The Labute approximate surface area is 143 Å². The lowest BCUT2D eigenvalue weighted by molar-refractivity contribution is -0.141. The van der Waals surface area contributed by atoms with Gasteiger partial charge in [0.1, 0.15) is 5.60 Å². The summed E-state index contributed by atoms with van der Waals surface area (Å²) in [6.07, 6.45) is -0.452. The molecule has 2 atom stereocenters. The third-order valence-corrected chi connectivity index (χ3v) is 4.24. The number of halogens is 1. The normalized spacial score (nSPS) is 21.7. The Morgan fingerprint density at radius 3 is 2.55 bits per heavy atom. The molecule has 0 aromatic heterocycles. The van der Waals surface area contributed by atoms with Crippen LogP contribution in [0.15, 0.2) is 24.3 Å². The van der Waals surface area contributed by atoms with Gasteiger partial charge in [-0.25, -0.2) is 4.79 Å². The Morgan fingerprint density at radius 2 is 2.00 bits per heavy atom. The van der Waals surface area contributed by atoms with Crippen molar-refractivity contribution in [2.24, 2.45) is 5.92 Å². The number of carbonyl (C=O) groups excluding carboxylic acids is 1. The molecule has 0 radical (unpaired) electrons. The zero-order valence-corrected chi connectivity index (χ0v) is 15.0. The Kier molecular flexibility index (Phi) is 4.99. The summed E-state index contributed by atoms with van der Waals surface area (Å²) in [6, 6.07) is 7.76. The lowest BCUT2D eigenvalue weighted by atomic mass is 9.89.